The highest BCUT2D eigenvalue weighted by Gasteiger charge is 2.29. The van der Waals surface area contributed by atoms with Gasteiger partial charge in [-0.15, -0.1) is 0 Å². The minimum absolute atomic E-state index is 0.162. The number of amides is 1. The van der Waals surface area contributed by atoms with Crippen molar-refractivity contribution in [1.29, 1.82) is 0 Å². The maximum Gasteiger partial charge on any atom is 0.337 e. The number of hydrogen-bond acceptors (Lipinski definition) is 6. The van der Waals surface area contributed by atoms with Crippen LogP contribution in [0.15, 0.2) is 53.4 Å². The summed E-state index contributed by atoms with van der Waals surface area (Å²) in [6.07, 6.45) is 0. The fourth-order valence-electron chi connectivity index (χ4n) is 3.51. The van der Waals surface area contributed by atoms with E-state index in [2.05, 4.69) is 23.9 Å². The van der Waals surface area contributed by atoms with Gasteiger partial charge in [0.25, 0.3) is 0 Å². The molecule has 172 valence electrons. The molecule has 2 aromatic carbocycles. The summed E-state index contributed by atoms with van der Waals surface area (Å²) in [5.41, 5.74) is 2.08. The van der Waals surface area contributed by atoms with Crippen molar-refractivity contribution in [3.8, 4) is 0 Å². The molecule has 0 aromatic heterocycles. The highest BCUT2D eigenvalue weighted by molar-refractivity contribution is 7.89. The van der Waals surface area contributed by atoms with Gasteiger partial charge in [0, 0.05) is 31.9 Å². The number of hydrogen-bond donors (Lipinski definition) is 1. The summed E-state index contributed by atoms with van der Waals surface area (Å²) in [4.78, 5) is 26.1. The van der Waals surface area contributed by atoms with Crippen molar-refractivity contribution in [2.45, 2.75) is 24.7 Å². The molecule has 0 unspecified atom stereocenters. The number of benzene rings is 2. The van der Waals surface area contributed by atoms with Crippen LogP contribution in [-0.4, -0.2) is 69.3 Å². The summed E-state index contributed by atoms with van der Waals surface area (Å²) in [7, 11) is -2.24. The second-order valence-corrected chi connectivity index (χ2v) is 9.96. The molecule has 1 heterocycles. The van der Waals surface area contributed by atoms with Gasteiger partial charge in [0.2, 0.25) is 15.9 Å². The molecular weight excluding hydrogens is 430 g/mol. The van der Waals surface area contributed by atoms with Gasteiger partial charge in [0.05, 0.1) is 24.1 Å². The molecule has 2 aromatic rings. The third kappa shape index (κ3) is 5.73. The number of ether oxygens (including phenoxy) is 1. The maximum atomic E-state index is 12.9. The Bertz CT molecular complexity index is 1040. The van der Waals surface area contributed by atoms with Gasteiger partial charge in [0.15, 0.2) is 0 Å². The van der Waals surface area contributed by atoms with E-state index >= 15 is 0 Å². The third-order valence-electron chi connectivity index (χ3n) is 5.47. The van der Waals surface area contributed by atoms with Crippen LogP contribution in [0.2, 0.25) is 0 Å². The number of anilines is 1. The van der Waals surface area contributed by atoms with E-state index in [-0.39, 0.29) is 12.5 Å². The monoisotopic (exact) mass is 459 g/mol. The molecule has 9 heteroatoms. The molecule has 1 aliphatic heterocycles. The van der Waals surface area contributed by atoms with Crippen LogP contribution in [0, 0.1) is 0 Å². The normalized spacial score (nSPS) is 15.5. The minimum atomic E-state index is -3.55. The number of carbonyl (C=O) groups excluding carboxylic acids is 2. The van der Waals surface area contributed by atoms with Gasteiger partial charge in [-0.05, 0) is 47.9 Å². The summed E-state index contributed by atoms with van der Waals surface area (Å²) in [5, 5.41) is 2.79. The van der Waals surface area contributed by atoms with Crippen molar-refractivity contribution in [2.75, 3.05) is 45.2 Å². The Hall–Kier alpha value is -2.75. The van der Waals surface area contributed by atoms with Crippen LogP contribution in [0.3, 0.4) is 0 Å². The smallest absolute Gasteiger partial charge is 0.337 e. The molecule has 3 rings (SSSR count). The zero-order chi connectivity index (χ0) is 23.3. The van der Waals surface area contributed by atoms with E-state index in [1.54, 1.807) is 36.4 Å². The molecule has 1 saturated heterocycles. The fraction of sp³-hybridized carbons (Fsp3) is 0.391. The van der Waals surface area contributed by atoms with Crippen molar-refractivity contribution in [3.63, 3.8) is 0 Å². The van der Waals surface area contributed by atoms with Crippen LogP contribution >= 0.6 is 0 Å². The first-order valence-electron chi connectivity index (χ1n) is 10.5. The lowest BCUT2D eigenvalue weighted by molar-refractivity contribution is -0.117. The van der Waals surface area contributed by atoms with Gasteiger partial charge >= 0.3 is 5.97 Å². The van der Waals surface area contributed by atoms with E-state index < -0.39 is 16.0 Å². The second kappa shape index (κ2) is 10.2. The third-order valence-corrected chi connectivity index (χ3v) is 7.39. The summed E-state index contributed by atoms with van der Waals surface area (Å²) in [6.45, 7) is 5.89. The van der Waals surface area contributed by atoms with Crippen LogP contribution < -0.4 is 5.32 Å². The SMILES string of the molecule is COC(=O)c1ccc(NC(=O)CN2CCN(S(=O)(=O)c3ccc(C(C)C)cc3)CC2)cc1. The summed E-state index contributed by atoms with van der Waals surface area (Å²) in [6, 6.07) is 13.5. The topological polar surface area (TPSA) is 96.0 Å². The van der Waals surface area contributed by atoms with Gasteiger partial charge in [-0.2, -0.15) is 4.31 Å². The van der Waals surface area contributed by atoms with E-state index in [4.69, 9.17) is 0 Å². The molecule has 1 aliphatic rings. The number of esters is 1. The Morgan fingerprint density at radius 2 is 1.56 bits per heavy atom. The molecule has 1 N–H and O–H groups in total. The lowest BCUT2D eigenvalue weighted by atomic mass is 10.0. The van der Waals surface area contributed by atoms with Gasteiger partial charge in [-0.1, -0.05) is 26.0 Å². The Kier molecular flexibility index (Phi) is 7.65. The van der Waals surface area contributed by atoms with Gasteiger partial charge < -0.3 is 10.1 Å². The molecule has 0 bridgehead atoms. The number of nitrogens with one attached hydrogen (secondary N) is 1. The van der Waals surface area contributed by atoms with Crippen molar-refractivity contribution < 1.29 is 22.7 Å². The number of piperazine rings is 1. The quantitative estimate of drug-likeness (QED) is 0.640. The van der Waals surface area contributed by atoms with Gasteiger partial charge in [-0.25, -0.2) is 13.2 Å². The van der Waals surface area contributed by atoms with E-state index in [9.17, 15) is 18.0 Å². The van der Waals surface area contributed by atoms with Crippen LogP contribution in [-0.2, 0) is 19.6 Å². The number of rotatable bonds is 7. The number of methoxy groups -OCH3 is 1. The maximum absolute atomic E-state index is 12.9. The molecule has 1 amide bonds. The highest BCUT2D eigenvalue weighted by Crippen LogP contribution is 2.21. The van der Waals surface area contributed by atoms with Crippen LogP contribution in [0.1, 0.15) is 35.7 Å². The number of sulfonamides is 1. The Balaban J connectivity index is 1.51. The standard InChI is InChI=1S/C23H29N3O5S/c1-17(2)18-6-10-21(11-7-18)32(29,30)26-14-12-25(13-15-26)16-22(27)24-20-8-4-19(5-9-20)23(28)31-3/h4-11,17H,12-16H2,1-3H3,(H,24,27). The van der Waals surface area contributed by atoms with E-state index in [0.717, 1.165) is 5.56 Å². The molecule has 1 fully saturated rings. The van der Waals surface area contributed by atoms with Crippen LogP contribution in [0.4, 0.5) is 5.69 Å². The molecular formula is C23H29N3O5S. The predicted octanol–water partition coefficient (Wildman–Crippen LogP) is 2.54. The zero-order valence-corrected chi connectivity index (χ0v) is 19.4. The molecule has 32 heavy (non-hydrogen) atoms. The zero-order valence-electron chi connectivity index (χ0n) is 18.6. The molecule has 0 spiro atoms. The Morgan fingerprint density at radius 3 is 2.09 bits per heavy atom. The summed E-state index contributed by atoms with van der Waals surface area (Å²) >= 11 is 0. The summed E-state index contributed by atoms with van der Waals surface area (Å²) < 4.78 is 32.0. The van der Waals surface area contributed by atoms with E-state index in [0.29, 0.717) is 48.2 Å². The van der Waals surface area contributed by atoms with Crippen molar-refractivity contribution in [3.05, 3.63) is 59.7 Å². The lowest BCUT2D eigenvalue weighted by Gasteiger charge is -2.33. The first-order valence-corrected chi connectivity index (χ1v) is 12.0. The molecule has 8 nitrogen and oxygen atoms in total. The number of nitrogens with zero attached hydrogens (tertiary/aromatic N) is 2. The Morgan fingerprint density at radius 1 is 0.969 bits per heavy atom. The highest BCUT2D eigenvalue weighted by atomic mass is 32.2. The van der Waals surface area contributed by atoms with Gasteiger partial charge in [-0.3, -0.25) is 9.69 Å². The van der Waals surface area contributed by atoms with E-state index in [1.165, 1.54) is 11.4 Å². The number of carbonyl (C=O) groups is 2. The van der Waals surface area contributed by atoms with Crippen molar-refractivity contribution in [1.82, 2.24) is 9.21 Å². The lowest BCUT2D eigenvalue weighted by Crippen LogP contribution is -2.50. The minimum Gasteiger partial charge on any atom is -0.465 e. The molecule has 0 radical (unpaired) electrons. The predicted molar refractivity (Wildman–Crippen MR) is 122 cm³/mol. The molecule has 0 atom stereocenters. The Labute approximate surface area is 189 Å². The van der Waals surface area contributed by atoms with E-state index in [1.807, 2.05) is 17.0 Å². The van der Waals surface area contributed by atoms with Crippen molar-refractivity contribution in [2.24, 2.45) is 0 Å². The molecule has 0 saturated carbocycles. The van der Waals surface area contributed by atoms with Crippen molar-refractivity contribution >= 4 is 27.6 Å². The van der Waals surface area contributed by atoms with Gasteiger partial charge in [0.1, 0.15) is 0 Å². The molecule has 0 aliphatic carbocycles. The largest absolute Gasteiger partial charge is 0.465 e. The average Bonchev–Trinajstić information content (AvgIpc) is 2.79. The first kappa shape index (κ1) is 23.9. The first-order chi connectivity index (χ1) is 15.2. The van der Waals surface area contributed by atoms with Crippen LogP contribution in [0.5, 0.6) is 0 Å². The summed E-state index contributed by atoms with van der Waals surface area (Å²) in [5.74, 6) is -0.296. The second-order valence-electron chi connectivity index (χ2n) is 8.02. The average molecular weight is 460 g/mol. The van der Waals surface area contributed by atoms with Crippen LogP contribution in [0.25, 0.3) is 0 Å². The fourth-order valence-corrected chi connectivity index (χ4v) is 4.94.